The smallest absolute Gasteiger partial charge is 0.248 e. The summed E-state index contributed by atoms with van der Waals surface area (Å²) in [5.74, 6) is 1.03. The van der Waals surface area contributed by atoms with E-state index in [0.717, 1.165) is 43.5 Å². The average molecular weight is 342 g/mol. The van der Waals surface area contributed by atoms with Gasteiger partial charge in [0.05, 0.1) is 6.20 Å². The summed E-state index contributed by atoms with van der Waals surface area (Å²) < 4.78 is 1.61. The van der Waals surface area contributed by atoms with E-state index >= 15 is 0 Å². The van der Waals surface area contributed by atoms with Crippen LogP contribution in [-0.4, -0.2) is 32.8 Å². The van der Waals surface area contributed by atoms with Crippen molar-refractivity contribution in [3.05, 3.63) is 30.5 Å². The fourth-order valence-electron chi connectivity index (χ4n) is 2.69. The minimum atomic E-state index is -0.289. The Bertz CT molecular complexity index is 751. The first kappa shape index (κ1) is 18.6. The molecule has 1 atom stereocenters. The van der Waals surface area contributed by atoms with Crippen molar-refractivity contribution in [2.75, 3.05) is 10.6 Å². The lowest BCUT2D eigenvalue weighted by molar-refractivity contribution is -0.111. The molecule has 7 nitrogen and oxygen atoms in total. The molecule has 2 aromatic heterocycles. The zero-order valence-corrected chi connectivity index (χ0v) is 14.9. The maximum atomic E-state index is 11.8. The first-order valence-electron chi connectivity index (χ1n) is 8.63. The number of unbranched alkanes of at least 4 members (excludes halogenated alkanes) is 1. The van der Waals surface area contributed by atoms with Gasteiger partial charge in [-0.2, -0.15) is 9.61 Å². The number of carbonyl (C=O) groups excluding carboxylic acids is 1. The summed E-state index contributed by atoms with van der Waals surface area (Å²) in [6.07, 6.45) is 9.19. The van der Waals surface area contributed by atoms with Crippen molar-refractivity contribution in [2.24, 2.45) is 0 Å². The second-order valence-corrected chi connectivity index (χ2v) is 5.99. The SMILES string of the molecule is C=CC(=O)Nc1c(C)c(NC(CCC=N)CCCC)nc2ccnn12. The van der Waals surface area contributed by atoms with Gasteiger partial charge in [0.2, 0.25) is 5.91 Å². The van der Waals surface area contributed by atoms with E-state index in [0.29, 0.717) is 11.5 Å². The van der Waals surface area contributed by atoms with Crippen LogP contribution in [0.1, 0.15) is 44.6 Å². The Morgan fingerprint density at radius 1 is 1.48 bits per heavy atom. The highest BCUT2D eigenvalue weighted by Gasteiger charge is 2.16. The van der Waals surface area contributed by atoms with Gasteiger partial charge in [0.15, 0.2) is 5.65 Å². The van der Waals surface area contributed by atoms with Crippen molar-refractivity contribution in [2.45, 2.75) is 52.0 Å². The third-order valence-corrected chi connectivity index (χ3v) is 4.10. The molecule has 0 bridgehead atoms. The van der Waals surface area contributed by atoms with E-state index in [1.807, 2.05) is 6.92 Å². The van der Waals surface area contributed by atoms with Crippen LogP contribution in [0.2, 0.25) is 0 Å². The van der Waals surface area contributed by atoms with Crippen molar-refractivity contribution in [1.29, 1.82) is 5.41 Å². The summed E-state index contributed by atoms with van der Waals surface area (Å²) in [5, 5.41) is 17.8. The van der Waals surface area contributed by atoms with Gasteiger partial charge >= 0.3 is 0 Å². The Morgan fingerprint density at radius 2 is 2.28 bits per heavy atom. The summed E-state index contributed by atoms with van der Waals surface area (Å²) in [4.78, 5) is 16.4. The lowest BCUT2D eigenvalue weighted by Crippen LogP contribution is -2.22. The van der Waals surface area contributed by atoms with Crippen molar-refractivity contribution < 1.29 is 4.79 Å². The first-order chi connectivity index (χ1) is 12.1. The van der Waals surface area contributed by atoms with Gasteiger partial charge in [0.1, 0.15) is 11.6 Å². The summed E-state index contributed by atoms with van der Waals surface area (Å²) in [6, 6.07) is 2.04. The average Bonchev–Trinajstić information content (AvgIpc) is 3.08. The molecule has 2 heterocycles. The quantitative estimate of drug-likeness (QED) is 0.454. The van der Waals surface area contributed by atoms with E-state index in [1.165, 1.54) is 12.3 Å². The van der Waals surface area contributed by atoms with E-state index < -0.39 is 0 Å². The van der Waals surface area contributed by atoms with Gasteiger partial charge in [0, 0.05) is 17.7 Å². The Labute approximate surface area is 148 Å². The van der Waals surface area contributed by atoms with Gasteiger partial charge in [-0.3, -0.25) is 4.79 Å². The molecule has 1 amide bonds. The van der Waals surface area contributed by atoms with E-state index in [2.05, 4.69) is 34.2 Å². The van der Waals surface area contributed by atoms with E-state index in [-0.39, 0.29) is 11.9 Å². The van der Waals surface area contributed by atoms with Crippen molar-refractivity contribution in [1.82, 2.24) is 14.6 Å². The number of anilines is 2. The lowest BCUT2D eigenvalue weighted by Gasteiger charge is -2.21. The topological polar surface area (TPSA) is 95.2 Å². The summed E-state index contributed by atoms with van der Waals surface area (Å²) in [5.41, 5.74) is 1.48. The van der Waals surface area contributed by atoms with Crippen LogP contribution in [0.25, 0.3) is 5.65 Å². The Balaban J connectivity index is 2.35. The number of hydrogen-bond donors (Lipinski definition) is 3. The largest absolute Gasteiger partial charge is 0.367 e. The standard InChI is InChI=1S/C18H26N6O/c1-4-6-8-14(9-7-11-19)21-17-13(3)18(23-16(25)5-2)24-15(22-17)10-12-20-24/h5,10-12,14,19H,2,4,6-9H2,1,3H3,(H,21,22)(H,23,25). The number of nitrogens with zero attached hydrogens (tertiary/aromatic N) is 3. The van der Waals surface area contributed by atoms with Gasteiger partial charge in [-0.25, -0.2) is 4.98 Å². The van der Waals surface area contributed by atoms with Crippen LogP contribution in [0, 0.1) is 12.3 Å². The van der Waals surface area contributed by atoms with Crippen LogP contribution >= 0.6 is 0 Å². The summed E-state index contributed by atoms with van der Waals surface area (Å²) in [7, 11) is 0. The second kappa shape index (κ2) is 8.96. The molecule has 25 heavy (non-hydrogen) atoms. The fourth-order valence-corrected chi connectivity index (χ4v) is 2.69. The molecule has 0 fully saturated rings. The molecular formula is C18H26N6O. The van der Waals surface area contributed by atoms with Gasteiger partial charge < -0.3 is 16.0 Å². The molecule has 0 aliphatic carbocycles. The highest BCUT2D eigenvalue weighted by Crippen LogP contribution is 2.25. The zero-order chi connectivity index (χ0) is 18.2. The molecule has 0 aliphatic rings. The molecule has 0 radical (unpaired) electrons. The molecule has 0 saturated carbocycles. The Kier molecular flexibility index (Phi) is 6.68. The van der Waals surface area contributed by atoms with E-state index in [1.54, 1.807) is 16.8 Å². The first-order valence-corrected chi connectivity index (χ1v) is 8.63. The number of nitrogens with one attached hydrogen (secondary N) is 3. The maximum Gasteiger partial charge on any atom is 0.248 e. The normalized spacial score (nSPS) is 11.9. The van der Waals surface area contributed by atoms with Crippen molar-refractivity contribution in [3.8, 4) is 0 Å². The molecule has 1 unspecified atom stereocenters. The van der Waals surface area contributed by atoms with E-state index in [4.69, 9.17) is 5.41 Å². The van der Waals surface area contributed by atoms with Crippen LogP contribution in [0.4, 0.5) is 11.6 Å². The number of carbonyl (C=O) groups is 1. The summed E-state index contributed by atoms with van der Waals surface area (Å²) in [6.45, 7) is 7.57. The van der Waals surface area contributed by atoms with Gasteiger partial charge in [-0.15, -0.1) is 0 Å². The van der Waals surface area contributed by atoms with Crippen LogP contribution < -0.4 is 10.6 Å². The molecule has 2 aromatic rings. The highest BCUT2D eigenvalue weighted by molar-refractivity contribution is 5.99. The molecule has 0 aliphatic heterocycles. The number of amides is 1. The van der Waals surface area contributed by atoms with Crippen molar-refractivity contribution in [3.63, 3.8) is 0 Å². The van der Waals surface area contributed by atoms with Crippen LogP contribution in [0.3, 0.4) is 0 Å². The molecule has 7 heteroatoms. The number of rotatable bonds is 10. The van der Waals surface area contributed by atoms with Gasteiger partial charge in [-0.05, 0) is 38.5 Å². The lowest BCUT2D eigenvalue weighted by atomic mass is 10.0. The highest BCUT2D eigenvalue weighted by atomic mass is 16.1. The molecule has 0 saturated heterocycles. The minimum Gasteiger partial charge on any atom is -0.367 e. The third-order valence-electron chi connectivity index (χ3n) is 4.10. The second-order valence-electron chi connectivity index (χ2n) is 5.99. The molecule has 2 rings (SSSR count). The number of hydrogen-bond acceptors (Lipinski definition) is 5. The third kappa shape index (κ3) is 4.65. The van der Waals surface area contributed by atoms with Crippen LogP contribution in [0.5, 0.6) is 0 Å². The zero-order valence-electron chi connectivity index (χ0n) is 14.9. The maximum absolute atomic E-state index is 11.8. The van der Waals surface area contributed by atoms with Crippen LogP contribution in [0.15, 0.2) is 24.9 Å². The molecule has 134 valence electrons. The summed E-state index contributed by atoms with van der Waals surface area (Å²) >= 11 is 0. The number of fused-ring (bicyclic) bond motifs is 1. The minimum absolute atomic E-state index is 0.237. The number of aromatic nitrogens is 3. The van der Waals surface area contributed by atoms with Crippen LogP contribution in [-0.2, 0) is 4.79 Å². The van der Waals surface area contributed by atoms with Crippen molar-refractivity contribution >= 4 is 29.4 Å². The Morgan fingerprint density at radius 3 is 2.96 bits per heavy atom. The van der Waals surface area contributed by atoms with Gasteiger partial charge in [0.25, 0.3) is 0 Å². The van der Waals surface area contributed by atoms with Gasteiger partial charge in [-0.1, -0.05) is 26.3 Å². The molecular weight excluding hydrogens is 316 g/mol. The predicted octanol–water partition coefficient (Wildman–Crippen LogP) is 3.56. The monoisotopic (exact) mass is 342 g/mol. The predicted molar refractivity (Wildman–Crippen MR) is 102 cm³/mol. The molecule has 3 N–H and O–H groups in total. The fraction of sp³-hybridized carbons (Fsp3) is 0.444. The molecule has 0 spiro atoms. The molecule has 0 aromatic carbocycles. The Hall–Kier alpha value is -2.70. The van der Waals surface area contributed by atoms with E-state index in [9.17, 15) is 4.79 Å².